The van der Waals surface area contributed by atoms with Gasteiger partial charge in [0.2, 0.25) is 10.0 Å². The maximum Gasteiger partial charge on any atom is 0.214 e. The number of aromatic nitrogens is 3. The van der Waals surface area contributed by atoms with Crippen LogP contribution in [0.15, 0.2) is 18.6 Å². The molecule has 1 N–H and O–H groups in total. The predicted octanol–water partition coefficient (Wildman–Crippen LogP) is 2.00. The molecule has 158 valence electrons. The highest BCUT2D eigenvalue weighted by Crippen LogP contribution is 2.42. The van der Waals surface area contributed by atoms with Gasteiger partial charge in [0, 0.05) is 45.6 Å². The van der Waals surface area contributed by atoms with Gasteiger partial charge < -0.3 is 14.6 Å². The van der Waals surface area contributed by atoms with E-state index < -0.39 is 10.0 Å². The number of aromatic amines is 1. The first kappa shape index (κ1) is 19.3. The summed E-state index contributed by atoms with van der Waals surface area (Å²) in [5, 5.41) is 1.00. The van der Waals surface area contributed by atoms with E-state index >= 15 is 0 Å². The first-order chi connectivity index (χ1) is 14.0. The Hall–Kier alpha value is -1.71. The molecule has 3 aliphatic rings. The van der Waals surface area contributed by atoms with E-state index in [1.807, 2.05) is 19.3 Å². The largest absolute Gasteiger partial charge is 0.381 e. The van der Waals surface area contributed by atoms with Gasteiger partial charge in [-0.25, -0.2) is 22.7 Å². The highest BCUT2D eigenvalue weighted by molar-refractivity contribution is 7.89. The molecule has 2 saturated heterocycles. The van der Waals surface area contributed by atoms with Crippen LogP contribution in [0.5, 0.6) is 0 Å². The van der Waals surface area contributed by atoms with Gasteiger partial charge in [-0.3, -0.25) is 0 Å². The molecular formula is C20H29N5O3S. The van der Waals surface area contributed by atoms with Crippen LogP contribution in [-0.2, 0) is 14.8 Å². The van der Waals surface area contributed by atoms with Crippen molar-refractivity contribution < 1.29 is 13.2 Å². The fraction of sp³-hybridized carbons (Fsp3) is 0.700. The van der Waals surface area contributed by atoms with Gasteiger partial charge in [0.1, 0.15) is 17.8 Å². The molecule has 3 fully saturated rings. The quantitative estimate of drug-likeness (QED) is 0.797. The van der Waals surface area contributed by atoms with Crippen LogP contribution in [0, 0.1) is 11.3 Å². The normalized spacial score (nSPS) is 27.3. The van der Waals surface area contributed by atoms with E-state index in [2.05, 4.69) is 19.9 Å². The number of anilines is 1. The van der Waals surface area contributed by atoms with Crippen molar-refractivity contribution in [2.45, 2.75) is 38.1 Å². The molecule has 5 rings (SSSR count). The molecule has 0 bridgehead atoms. The van der Waals surface area contributed by atoms with Crippen molar-refractivity contribution in [2.24, 2.45) is 11.3 Å². The summed E-state index contributed by atoms with van der Waals surface area (Å²) in [6.07, 6.45) is 8.17. The van der Waals surface area contributed by atoms with Gasteiger partial charge in [0.05, 0.1) is 11.1 Å². The molecule has 0 radical (unpaired) electrons. The van der Waals surface area contributed by atoms with Crippen molar-refractivity contribution in [3.63, 3.8) is 0 Å². The number of nitrogens with zero attached hydrogens (tertiary/aromatic N) is 4. The third kappa shape index (κ3) is 3.53. The molecule has 0 amide bonds. The molecule has 1 saturated carbocycles. The first-order valence-corrected chi connectivity index (χ1v) is 12.1. The molecule has 0 unspecified atom stereocenters. The van der Waals surface area contributed by atoms with Crippen LogP contribution in [0.4, 0.5) is 5.82 Å². The lowest BCUT2D eigenvalue weighted by atomic mass is 9.80. The predicted molar refractivity (Wildman–Crippen MR) is 111 cm³/mol. The summed E-state index contributed by atoms with van der Waals surface area (Å²) in [5.74, 6) is 1.40. The fourth-order valence-electron chi connectivity index (χ4n) is 5.21. The van der Waals surface area contributed by atoms with Crippen LogP contribution in [0.2, 0.25) is 0 Å². The monoisotopic (exact) mass is 419 g/mol. The molecule has 8 nitrogen and oxygen atoms in total. The van der Waals surface area contributed by atoms with Gasteiger partial charge in [-0.1, -0.05) is 0 Å². The Morgan fingerprint density at radius 1 is 1.28 bits per heavy atom. The Bertz CT molecular complexity index is 979. The van der Waals surface area contributed by atoms with Crippen molar-refractivity contribution in [2.75, 3.05) is 44.0 Å². The third-order valence-corrected chi connectivity index (χ3v) is 9.21. The summed E-state index contributed by atoms with van der Waals surface area (Å²) in [5.41, 5.74) is 0.985. The smallest absolute Gasteiger partial charge is 0.214 e. The molecule has 4 heterocycles. The van der Waals surface area contributed by atoms with Crippen LogP contribution in [-0.4, -0.2) is 72.8 Å². The van der Waals surface area contributed by atoms with Crippen LogP contribution >= 0.6 is 0 Å². The molecule has 2 aromatic rings. The minimum atomic E-state index is -3.19. The van der Waals surface area contributed by atoms with Crippen molar-refractivity contribution in [3.8, 4) is 0 Å². The summed E-state index contributed by atoms with van der Waals surface area (Å²) in [7, 11) is -1.15. The number of H-pyrrole nitrogens is 1. The summed E-state index contributed by atoms with van der Waals surface area (Å²) in [6.45, 7) is 2.88. The lowest BCUT2D eigenvalue weighted by molar-refractivity contribution is 0.0222. The van der Waals surface area contributed by atoms with Gasteiger partial charge in [-0.2, -0.15) is 0 Å². The Labute approximate surface area is 171 Å². The van der Waals surface area contributed by atoms with Crippen LogP contribution in [0.25, 0.3) is 11.0 Å². The van der Waals surface area contributed by atoms with Gasteiger partial charge in [0.15, 0.2) is 0 Å². The maximum absolute atomic E-state index is 13.0. The van der Waals surface area contributed by atoms with E-state index in [9.17, 15) is 8.42 Å². The number of hydrogen-bond acceptors (Lipinski definition) is 6. The number of hydrogen-bond donors (Lipinski definition) is 1. The zero-order chi connectivity index (χ0) is 20.1. The number of fused-ring (bicyclic) bond motifs is 1. The molecule has 0 aromatic carbocycles. The summed E-state index contributed by atoms with van der Waals surface area (Å²) >= 11 is 0. The van der Waals surface area contributed by atoms with Gasteiger partial charge in [0.25, 0.3) is 0 Å². The van der Waals surface area contributed by atoms with Crippen molar-refractivity contribution in [1.82, 2.24) is 19.3 Å². The molecular weight excluding hydrogens is 390 g/mol. The second-order valence-electron chi connectivity index (χ2n) is 9.01. The number of sulfonamides is 1. The Kier molecular flexibility index (Phi) is 4.79. The standard InChI is InChI=1S/C20H29N5O3S/c1-24(19-17-2-6-21-18(17)22-14-23-19)16-10-15(11-16)12-29(26,27)25-7-3-20(13-25)4-8-28-9-5-20/h2,6,14-16H,3-5,7-13H2,1H3,(H,21,22,23). The SMILES string of the molecule is CN(c1ncnc2[nH]ccc12)C1CC(CS(=O)(=O)N2CCC3(CCOCC3)C2)C1. The second kappa shape index (κ2) is 7.21. The second-order valence-corrected chi connectivity index (χ2v) is 11.0. The van der Waals surface area contributed by atoms with Crippen LogP contribution in [0.3, 0.4) is 0 Å². The zero-order valence-electron chi connectivity index (χ0n) is 16.9. The van der Waals surface area contributed by atoms with Crippen LogP contribution in [0.1, 0.15) is 32.1 Å². The van der Waals surface area contributed by atoms with Crippen molar-refractivity contribution in [1.29, 1.82) is 0 Å². The van der Waals surface area contributed by atoms with E-state index in [0.29, 0.717) is 19.1 Å². The molecule has 1 spiro atoms. The first-order valence-electron chi connectivity index (χ1n) is 10.5. The minimum absolute atomic E-state index is 0.155. The van der Waals surface area contributed by atoms with Crippen LogP contribution < -0.4 is 4.90 Å². The topological polar surface area (TPSA) is 91.4 Å². The summed E-state index contributed by atoms with van der Waals surface area (Å²) in [4.78, 5) is 14.0. The third-order valence-electron chi connectivity index (χ3n) is 7.22. The number of nitrogens with one attached hydrogen (secondary N) is 1. The summed E-state index contributed by atoms with van der Waals surface area (Å²) < 4.78 is 33.2. The highest BCUT2D eigenvalue weighted by Gasteiger charge is 2.45. The highest BCUT2D eigenvalue weighted by atomic mass is 32.2. The van der Waals surface area contributed by atoms with Crippen molar-refractivity contribution in [3.05, 3.63) is 18.6 Å². The van der Waals surface area contributed by atoms with Gasteiger partial charge in [-0.05, 0) is 49.5 Å². The summed E-state index contributed by atoms with van der Waals surface area (Å²) in [6, 6.07) is 2.31. The maximum atomic E-state index is 13.0. The molecule has 2 aromatic heterocycles. The van der Waals surface area contributed by atoms with E-state index in [-0.39, 0.29) is 17.1 Å². The lowest BCUT2D eigenvalue weighted by Gasteiger charge is -2.42. The fourth-order valence-corrected chi connectivity index (χ4v) is 7.13. The molecule has 2 aliphatic heterocycles. The number of rotatable bonds is 5. The Morgan fingerprint density at radius 3 is 2.86 bits per heavy atom. The van der Waals surface area contributed by atoms with Gasteiger partial charge >= 0.3 is 0 Å². The van der Waals surface area contributed by atoms with E-state index in [4.69, 9.17) is 4.74 Å². The zero-order valence-corrected chi connectivity index (χ0v) is 17.7. The molecule has 9 heteroatoms. The molecule has 1 aliphatic carbocycles. The lowest BCUT2D eigenvalue weighted by Crippen LogP contribution is -2.47. The Balaban J connectivity index is 1.19. The number of ether oxygens (including phenoxy) is 1. The Morgan fingerprint density at radius 2 is 2.07 bits per heavy atom. The average molecular weight is 420 g/mol. The van der Waals surface area contributed by atoms with E-state index in [0.717, 1.165) is 62.2 Å². The van der Waals surface area contributed by atoms with E-state index in [1.54, 1.807) is 10.6 Å². The van der Waals surface area contributed by atoms with Crippen molar-refractivity contribution >= 4 is 26.9 Å². The molecule has 29 heavy (non-hydrogen) atoms. The van der Waals surface area contributed by atoms with Gasteiger partial charge in [-0.15, -0.1) is 0 Å². The average Bonchev–Trinajstić information content (AvgIpc) is 3.32. The minimum Gasteiger partial charge on any atom is -0.381 e. The van der Waals surface area contributed by atoms with E-state index in [1.165, 1.54) is 0 Å². The molecule has 0 atom stereocenters.